The molecular formula is C26H18Br2N4O. The lowest BCUT2D eigenvalue weighted by molar-refractivity contribution is 0.302. The van der Waals surface area contributed by atoms with Gasteiger partial charge in [-0.25, -0.2) is 4.98 Å². The zero-order valence-electron chi connectivity index (χ0n) is 17.9. The van der Waals surface area contributed by atoms with E-state index < -0.39 is 0 Å². The minimum absolute atomic E-state index is 0.140. The first-order valence-electron chi connectivity index (χ1n) is 10.1. The van der Waals surface area contributed by atoms with Crippen LogP contribution in [0.1, 0.15) is 40.4 Å². The molecule has 0 saturated heterocycles. The second-order valence-corrected chi connectivity index (χ2v) is 9.30. The maximum absolute atomic E-state index is 9.74. The summed E-state index contributed by atoms with van der Waals surface area (Å²) in [5.41, 5.74) is 12.4. The predicted octanol–water partition coefficient (Wildman–Crippen LogP) is 6.80. The number of nitrogens with zero attached hydrogens (tertiary/aromatic N) is 3. The molecule has 0 atom stereocenters. The Kier molecular flexibility index (Phi) is 6.37. The van der Waals surface area contributed by atoms with Gasteiger partial charge in [0.15, 0.2) is 0 Å². The Balaban J connectivity index is 1.76. The Morgan fingerprint density at radius 3 is 2.33 bits per heavy atom. The van der Waals surface area contributed by atoms with Crippen molar-refractivity contribution in [3.63, 3.8) is 0 Å². The molecule has 0 fully saturated rings. The smallest absolute Gasteiger partial charge is 0.148 e. The Morgan fingerprint density at radius 1 is 1.06 bits per heavy atom. The molecule has 3 aromatic rings. The first-order chi connectivity index (χ1) is 15.8. The summed E-state index contributed by atoms with van der Waals surface area (Å²) >= 11 is 7.24. The number of hydrogen-bond acceptors (Lipinski definition) is 5. The number of rotatable bonds is 4. The van der Waals surface area contributed by atoms with Crippen LogP contribution in [0.2, 0.25) is 0 Å². The molecule has 1 heterocycles. The van der Waals surface area contributed by atoms with Crippen LogP contribution in [0.3, 0.4) is 0 Å². The van der Waals surface area contributed by atoms with Crippen molar-refractivity contribution in [2.75, 3.05) is 5.73 Å². The number of anilines is 1. The van der Waals surface area contributed by atoms with E-state index in [-0.39, 0.29) is 5.82 Å². The van der Waals surface area contributed by atoms with Gasteiger partial charge < -0.3 is 10.5 Å². The summed E-state index contributed by atoms with van der Waals surface area (Å²) < 4.78 is 7.62. The van der Waals surface area contributed by atoms with Crippen molar-refractivity contribution in [1.29, 1.82) is 10.5 Å². The number of halogens is 2. The lowest BCUT2D eigenvalue weighted by atomic mass is 9.95. The van der Waals surface area contributed by atoms with Gasteiger partial charge in [0.05, 0.1) is 25.8 Å². The third kappa shape index (κ3) is 4.18. The van der Waals surface area contributed by atoms with Crippen LogP contribution in [-0.2, 0) is 6.61 Å². The average molecular weight is 562 g/mol. The van der Waals surface area contributed by atoms with Gasteiger partial charge in [0.25, 0.3) is 0 Å². The Labute approximate surface area is 209 Å². The Morgan fingerprint density at radius 2 is 1.73 bits per heavy atom. The maximum atomic E-state index is 9.74. The summed E-state index contributed by atoms with van der Waals surface area (Å²) in [7, 11) is 0. The van der Waals surface area contributed by atoms with Crippen molar-refractivity contribution in [2.45, 2.75) is 20.5 Å². The third-order valence-electron chi connectivity index (χ3n) is 5.54. The minimum atomic E-state index is 0.140. The number of allylic oxidation sites excluding steroid dienone is 3. The molecule has 0 spiro atoms. The molecule has 2 N–H and O–H groups in total. The van der Waals surface area contributed by atoms with Gasteiger partial charge >= 0.3 is 0 Å². The van der Waals surface area contributed by atoms with E-state index >= 15 is 0 Å². The van der Waals surface area contributed by atoms with Gasteiger partial charge in [-0.3, -0.25) is 0 Å². The molecule has 33 heavy (non-hydrogen) atoms. The van der Waals surface area contributed by atoms with Crippen LogP contribution in [0, 0.1) is 29.6 Å². The van der Waals surface area contributed by atoms with Crippen molar-refractivity contribution in [3.05, 3.63) is 90.5 Å². The third-order valence-corrected chi connectivity index (χ3v) is 6.72. The maximum Gasteiger partial charge on any atom is 0.148 e. The van der Waals surface area contributed by atoms with Crippen molar-refractivity contribution in [2.24, 2.45) is 0 Å². The van der Waals surface area contributed by atoms with Gasteiger partial charge in [0, 0.05) is 5.56 Å². The van der Waals surface area contributed by atoms with Crippen LogP contribution in [0.15, 0.2) is 57.0 Å². The number of pyridine rings is 1. The molecule has 0 amide bonds. The molecule has 1 aliphatic rings. The Hall–Kier alpha value is -3.39. The zero-order chi connectivity index (χ0) is 23.7. The lowest BCUT2D eigenvalue weighted by Gasteiger charge is -2.13. The molecule has 162 valence electrons. The fourth-order valence-corrected chi connectivity index (χ4v) is 5.34. The van der Waals surface area contributed by atoms with Gasteiger partial charge in [-0.1, -0.05) is 30.3 Å². The number of ether oxygens (including phenoxy) is 1. The highest BCUT2D eigenvalue weighted by molar-refractivity contribution is 9.11. The lowest BCUT2D eigenvalue weighted by Crippen LogP contribution is -2.03. The van der Waals surface area contributed by atoms with Crippen LogP contribution in [0.4, 0.5) is 5.82 Å². The molecule has 0 saturated carbocycles. The summed E-state index contributed by atoms with van der Waals surface area (Å²) in [6, 6.07) is 18.2. The summed E-state index contributed by atoms with van der Waals surface area (Å²) in [5, 5.41) is 19.3. The van der Waals surface area contributed by atoms with Crippen molar-refractivity contribution >= 4 is 54.9 Å². The van der Waals surface area contributed by atoms with Gasteiger partial charge in [0.2, 0.25) is 0 Å². The molecular weight excluding hydrogens is 544 g/mol. The van der Waals surface area contributed by atoms with Crippen LogP contribution >= 0.6 is 31.9 Å². The number of hydrogen-bond donors (Lipinski definition) is 1. The highest BCUT2D eigenvalue weighted by Crippen LogP contribution is 2.45. The highest BCUT2D eigenvalue weighted by atomic mass is 79.9. The zero-order valence-corrected chi connectivity index (χ0v) is 21.1. The summed E-state index contributed by atoms with van der Waals surface area (Å²) in [6.07, 6.45) is 1.99. The molecule has 4 rings (SSSR count). The van der Waals surface area contributed by atoms with E-state index in [9.17, 15) is 10.5 Å². The quantitative estimate of drug-likeness (QED) is 0.378. The normalized spacial score (nSPS) is 13.6. The minimum Gasteiger partial charge on any atom is -0.487 e. The fourth-order valence-electron chi connectivity index (χ4n) is 3.89. The Bertz CT molecular complexity index is 1400. The molecule has 0 bridgehead atoms. The number of nitrogen functional groups attached to an aromatic ring is 1. The number of benzene rings is 2. The second kappa shape index (κ2) is 9.23. The van der Waals surface area contributed by atoms with E-state index in [0.717, 1.165) is 42.3 Å². The van der Waals surface area contributed by atoms with Crippen LogP contribution in [-0.4, -0.2) is 4.98 Å². The van der Waals surface area contributed by atoms with Crippen LogP contribution in [0.5, 0.6) is 5.75 Å². The van der Waals surface area contributed by atoms with Gasteiger partial charge in [0.1, 0.15) is 30.3 Å². The van der Waals surface area contributed by atoms with E-state index in [2.05, 4.69) is 49.0 Å². The fraction of sp³-hybridized carbons (Fsp3) is 0.115. The van der Waals surface area contributed by atoms with Gasteiger partial charge in [-0.2, -0.15) is 10.5 Å². The molecule has 1 aliphatic carbocycles. The van der Waals surface area contributed by atoms with Crippen molar-refractivity contribution in [3.8, 4) is 17.9 Å². The standard InChI is InChI=1S/C26H18Br2N4O/c1-14-18(23-15(2)20(12-30)26(31)32-24(23)19(14)11-29)8-17-9-21(27)25(22(28)10-17)33-13-16-6-4-3-5-7-16/h3-10H,13H2,1-2H3,(H2,31,32)/b18-8+. The highest BCUT2D eigenvalue weighted by Gasteiger charge is 2.29. The molecule has 5 nitrogen and oxygen atoms in total. The van der Waals surface area contributed by atoms with Gasteiger partial charge in [-0.15, -0.1) is 0 Å². The SMILES string of the molecule is CC1=C(C#N)c2nc(N)c(C#N)c(C)c2/C1=C/c1cc(Br)c(OCc2ccccc2)c(Br)c1. The van der Waals surface area contributed by atoms with E-state index in [4.69, 9.17) is 10.5 Å². The summed E-state index contributed by atoms with van der Waals surface area (Å²) in [4.78, 5) is 4.38. The number of nitriles is 2. The molecule has 0 unspecified atom stereocenters. The largest absolute Gasteiger partial charge is 0.487 e. The topological polar surface area (TPSA) is 95.7 Å². The second-order valence-electron chi connectivity index (χ2n) is 7.59. The van der Waals surface area contributed by atoms with E-state index in [1.165, 1.54) is 0 Å². The van der Waals surface area contributed by atoms with E-state index in [0.29, 0.717) is 29.2 Å². The van der Waals surface area contributed by atoms with Crippen LogP contribution in [0.25, 0.3) is 17.2 Å². The van der Waals surface area contributed by atoms with E-state index in [1.807, 2.05) is 62.4 Å². The molecule has 0 radical (unpaired) electrons. The monoisotopic (exact) mass is 560 g/mol. The van der Waals surface area contributed by atoms with E-state index in [1.54, 1.807) is 0 Å². The molecule has 0 aliphatic heterocycles. The van der Waals surface area contributed by atoms with Gasteiger partial charge in [-0.05, 0) is 91.8 Å². The number of aromatic nitrogens is 1. The summed E-state index contributed by atoms with van der Waals surface area (Å²) in [5.74, 6) is 0.844. The first kappa shape index (κ1) is 22.8. The summed E-state index contributed by atoms with van der Waals surface area (Å²) in [6.45, 7) is 4.17. The molecule has 2 aromatic carbocycles. The molecule has 7 heteroatoms. The average Bonchev–Trinajstić information content (AvgIpc) is 3.04. The van der Waals surface area contributed by atoms with Crippen molar-refractivity contribution in [1.82, 2.24) is 4.98 Å². The predicted molar refractivity (Wildman–Crippen MR) is 137 cm³/mol. The number of nitrogens with two attached hydrogens (primary N) is 1. The van der Waals surface area contributed by atoms with Crippen molar-refractivity contribution < 1.29 is 4.74 Å². The number of fused-ring (bicyclic) bond motifs is 1. The first-order valence-corrected chi connectivity index (χ1v) is 11.6. The molecule has 1 aromatic heterocycles. The van der Waals surface area contributed by atoms with Crippen LogP contribution < -0.4 is 10.5 Å².